The molecule has 0 amide bonds. The number of hydrogen-bond donors (Lipinski definition) is 2. The summed E-state index contributed by atoms with van der Waals surface area (Å²) in [4.78, 5) is 13.5. The molecule has 1 fully saturated rings. The lowest BCUT2D eigenvalue weighted by Crippen LogP contribution is -2.52. The van der Waals surface area contributed by atoms with E-state index < -0.39 is 30.3 Å². The van der Waals surface area contributed by atoms with Gasteiger partial charge in [-0.15, -0.1) is 0 Å². The van der Waals surface area contributed by atoms with Gasteiger partial charge in [-0.1, -0.05) is 5.11 Å². The van der Waals surface area contributed by atoms with Crippen molar-refractivity contribution in [3.05, 3.63) is 10.4 Å². The Morgan fingerprint density at radius 1 is 1.54 bits per heavy atom. The summed E-state index contributed by atoms with van der Waals surface area (Å²) in [6, 6.07) is 0. The normalized spacial score (nSPS) is 39.8. The number of ketones is 1. The van der Waals surface area contributed by atoms with Gasteiger partial charge in [0, 0.05) is 4.91 Å². The van der Waals surface area contributed by atoms with E-state index in [2.05, 4.69) is 10.0 Å². The van der Waals surface area contributed by atoms with E-state index in [1.165, 1.54) is 6.92 Å². The standard InChI is InChI=1S/C6H9N3O4/c1-2-3(10)4(11)5(12)6(13-2)8-9-7/h2-3,5-6,10,12H,1H3. The van der Waals surface area contributed by atoms with Gasteiger partial charge < -0.3 is 14.9 Å². The average Bonchev–Trinajstić information content (AvgIpc) is 2.11. The summed E-state index contributed by atoms with van der Waals surface area (Å²) in [5.41, 5.74) is 8.07. The number of carbonyl (C=O) groups is 1. The Balaban J connectivity index is 2.81. The fourth-order valence-electron chi connectivity index (χ4n) is 1.06. The SMILES string of the molecule is CC1OC(N=[N+]=[N-])C(O)C(=O)C1O. The molecule has 7 heteroatoms. The van der Waals surface area contributed by atoms with Gasteiger partial charge in [-0.3, -0.25) is 4.79 Å². The van der Waals surface area contributed by atoms with Crippen LogP contribution >= 0.6 is 0 Å². The van der Waals surface area contributed by atoms with Gasteiger partial charge in [0.1, 0.15) is 12.2 Å². The quantitative estimate of drug-likeness (QED) is 0.321. The van der Waals surface area contributed by atoms with Crippen LogP contribution in [-0.2, 0) is 9.53 Å². The van der Waals surface area contributed by atoms with Crippen LogP contribution in [0.5, 0.6) is 0 Å². The molecule has 0 aromatic rings. The first-order valence-electron chi connectivity index (χ1n) is 3.67. The van der Waals surface area contributed by atoms with E-state index in [0.29, 0.717) is 0 Å². The maximum Gasteiger partial charge on any atom is 0.195 e. The van der Waals surface area contributed by atoms with Crippen LogP contribution < -0.4 is 0 Å². The van der Waals surface area contributed by atoms with Crippen LogP contribution in [0.4, 0.5) is 0 Å². The first kappa shape index (κ1) is 9.94. The number of aliphatic hydroxyl groups excluding tert-OH is 2. The molecule has 1 heterocycles. The summed E-state index contributed by atoms with van der Waals surface area (Å²) >= 11 is 0. The molecule has 0 saturated carbocycles. The molecule has 4 unspecified atom stereocenters. The van der Waals surface area contributed by atoms with Gasteiger partial charge in [-0.25, -0.2) is 0 Å². The molecule has 2 N–H and O–H groups in total. The average molecular weight is 187 g/mol. The Morgan fingerprint density at radius 3 is 2.69 bits per heavy atom. The minimum atomic E-state index is -1.58. The molecule has 0 aliphatic carbocycles. The number of hydrogen-bond acceptors (Lipinski definition) is 5. The van der Waals surface area contributed by atoms with Crippen molar-refractivity contribution in [2.75, 3.05) is 0 Å². The van der Waals surface area contributed by atoms with E-state index in [-0.39, 0.29) is 0 Å². The second kappa shape index (κ2) is 3.71. The highest BCUT2D eigenvalue weighted by molar-refractivity contribution is 5.88. The Kier molecular flexibility index (Phi) is 2.84. The van der Waals surface area contributed by atoms with Gasteiger partial charge in [0.2, 0.25) is 0 Å². The molecule has 0 aromatic carbocycles. The smallest absolute Gasteiger partial charge is 0.195 e. The predicted molar refractivity (Wildman–Crippen MR) is 40.5 cm³/mol. The molecule has 1 saturated heterocycles. The van der Waals surface area contributed by atoms with Crippen molar-refractivity contribution in [2.45, 2.75) is 31.5 Å². The first-order chi connectivity index (χ1) is 6.07. The second-order valence-corrected chi connectivity index (χ2v) is 2.73. The molecule has 0 spiro atoms. The molecule has 1 aliphatic rings. The first-order valence-corrected chi connectivity index (χ1v) is 3.67. The van der Waals surface area contributed by atoms with E-state index in [4.69, 9.17) is 20.5 Å². The molecule has 1 rings (SSSR count). The highest BCUT2D eigenvalue weighted by Gasteiger charge is 2.40. The molecule has 4 atom stereocenters. The monoisotopic (exact) mass is 187 g/mol. The summed E-state index contributed by atoms with van der Waals surface area (Å²) in [5, 5.41) is 21.4. The molecular weight excluding hydrogens is 178 g/mol. The van der Waals surface area contributed by atoms with Gasteiger partial charge in [-0.2, -0.15) is 0 Å². The van der Waals surface area contributed by atoms with Gasteiger partial charge in [0.15, 0.2) is 12.0 Å². The Morgan fingerprint density at radius 2 is 2.15 bits per heavy atom. The van der Waals surface area contributed by atoms with Crippen molar-refractivity contribution in [3.63, 3.8) is 0 Å². The van der Waals surface area contributed by atoms with Crippen molar-refractivity contribution in [3.8, 4) is 0 Å². The van der Waals surface area contributed by atoms with Crippen molar-refractivity contribution >= 4 is 5.78 Å². The number of rotatable bonds is 1. The highest BCUT2D eigenvalue weighted by Crippen LogP contribution is 2.18. The fourth-order valence-corrected chi connectivity index (χ4v) is 1.06. The summed E-state index contributed by atoms with van der Waals surface area (Å²) in [6.07, 6.45) is -4.95. The third-order valence-corrected chi connectivity index (χ3v) is 1.82. The molecule has 0 radical (unpaired) electrons. The zero-order chi connectivity index (χ0) is 10.0. The van der Waals surface area contributed by atoms with E-state index >= 15 is 0 Å². The lowest BCUT2D eigenvalue weighted by molar-refractivity contribution is -0.177. The summed E-state index contributed by atoms with van der Waals surface area (Å²) in [7, 11) is 0. The summed E-state index contributed by atoms with van der Waals surface area (Å²) in [6.45, 7) is 1.45. The zero-order valence-electron chi connectivity index (χ0n) is 6.86. The van der Waals surface area contributed by atoms with Crippen molar-refractivity contribution in [1.29, 1.82) is 0 Å². The largest absolute Gasteiger partial charge is 0.382 e. The lowest BCUT2D eigenvalue weighted by Gasteiger charge is -2.31. The van der Waals surface area contributed by atoms with E-state index in [0.717, 1.165) is 0 Å². The van der Waals surface area contributed by atoms with Gasteiger partial charge in [0.25, 0.3) is 0 Å². The third kappa shape index (κ3) is 1.78. The van der Waals surface area contributed by atoms with Crippen LogP contribution in [0, 0.1) is 0 Å². The zero-order valence-corrected chi connectivity index (χ0v) is 6.86. The van der Waals surface area contributed by atoms with Crippen LogP contribution in [0.2, 0.25) is 0 Å². The molecular formula is C6H9N3O4. The third-order valence-electron chi connectivity index (χ3n) is 1.82. The van der Waals surface area contributed by atoms with Crippen molar-refractivity contribution in [2.24, 2.45) is 5.11 Å². The van der Waals surface area contributed by atoms with Crippen molar-refractivity contribution < 1.29 is 19.7 Å². The van der Waals surface area contributed by atoms with E-state index in [1.807, 2.05) is 0 Å². The minimum Gasteiger partial charge on any atom is -0.382 e. The highest BCUT2D eigenvalue weighted by atomic mass is 16.5. The van der Waals surface area contributed by atoms with Gasteiger partial charge in [-0.05, 0) is 12.5 Å². The maximum absolute atomic E-state index is 11.1. The fraction of sp³-hybridized carbons (Fsp3) is 0.833. The molecule has 1 aliphatic heterocycles. The summed E-state index contributed by atoms with van der Waals surface area (Å²) in [5.74, 6) is -0.781. The lowest BCUT2D eigenvalue weighted by atomic mass is 10.0. The molecule has 0 bridgehead atoms. The van der Waals surface area contributed by atoms with Crippen LogP contribution in [0.3, 0.4) is 0 Å². The number of carbonyl (C=O) groups excluding carboxylic acids is 1. The Labute approximate surface area is 73.6 Å². The molecule has 72 valence electrons. The van der Waals surface area contributed by atoms with E-state index in [1.54, 1.807) is 0 Å². The number of Topliss-reactive ketones (excluding diaryl/α,β-unsaturated/α-hetero) is 1. The topological polar surface area (TPSA) is 116 Å². The molecule has 7 nitrogen and oxygen atoms in total. The number of ether oxygens (including phenoxy) is 1. The number of azide groups is 1. The minimum absolute atomic E-state index is 0.772. The number of nitrogens with zero attached hydrogens (tertiary/aromatic N) is 3. The Bertz CT molecular complexity index is 263. The summed E-state index contributed by atoms with van der Waals surface area (Å²) < 4.78 is 4.88. The van der Waals surface area contributed by atoms with Crippen molar-refractivity contribution in [1.82, 2.24) is 0 Å². The predicted octanol–water partition coefficient (Wildman–Crippen LogP) is -0.668. The maximum atomic E-state index is 11.1. The second-order valence-electron chi connectivity index (χ2n) is 2.73. The van der Waals surface area contributed by atoms with Gasteiger partial charge >= 0.3 is 0 Å². The van der Waals surface area contributed by atoms with Crippen LogP contribution in [0.1, 0.15) is 6.92 Å². The number of aliphatic hydroxyl groups is 2. The molecule has 0 aromatic heterocycles. The van der Waals surface area contributed by atoms with Crippen LogP contribution in [0.15, 0.2) is 5.11 Å². The molecule has 13 heavy (non-hydrogen) atoms. The Hall–Kier alpha value is -1.14. The van der Waals surface area contributed by atoms with Crippen LogP contribution in [-0.4, -0.2) is 40.5 Å². The van der Waals surface area contributed by atoms with E-state index in [9.17, 15) is 4.79 Å². The van der Waals surface area contributed by atoms with Crippen LogP contribution in [0.25, 0.3) is 10.4 Å². The van der Waals surface area contributed by atoms with Gasteiger partial charge in [0.05, 0.1) is 6.10 Å².